The van der Waals surface area contributed by atoms with E-state index in [1.165, 1.54) is 6.08 Å². The molecular weight excluding hydrogens is 362 g/mol. The largest absolute Gasteiger partial charge is 0.397 e. The Morgan fingerprint density at radius 1 is 1.07 bits per heavy atom. The van der Waals surface area contributed by atoms with Gasteiger partial charge in [0.2, 0.25) is 0 Å². The molecule has 3 rings (SSSR count). The molecule has 1 aromatic heterocycles. The van der Waals surface area contributed by atoms with Crippen molar-refractivity contribution in [1.82, 2.24) is 0 Å². The van der Waals surface area contributed by atoms with Crippen molar-refractivity contribution in [2.24, 2.45) is 5.90 Å². The number of hydrogen-bond acceptors (Lipinski definition) is 6. The van der Waals surface area contributed by atoms with Gasteiger partial charge in [-0.25, -0.2) is 4.79 Å². The zero-order valence-electron chi connectivity index (χ0n) is 14.2. The number of hydrogen-bond donors (Lipinski definition) is 3. The summed E-state index contributed by atoms with van der Waals surface area (Å²) in [4.78, 5) is 28.7. The molecule has 0 radical (unpaired) electrons. The fourth-order valence-corrected chi connectivity index (χ4v) is 3.13. The van der Waals surface area contributed by atoms with Crippen LogP contribution in [0, 0.1) is 0 Å². The first-order chi connectivity index (χ1) is 13.1. The Labute approximate surface area is 160 Å². The highest BCUT2D eigenvalue weighted by Gasteiger charge is 2.10. The Morgan fingerprint density at radius 3 is 2.52 bits per heavy atom. The minimum Gasteiger partial charge on any atom is -0.397 e. The van der Waals surface area contributed by atoms with Crippen molar-refractivity contribution in [3.05, 3.63) is 77.2 Å². The maximum Gasteiger partial charge on any atom is 0.349 e. The van der Waals surface area contributed by atoms with Crippen LogP contribution in [0.25, 0.3) is 16.5 Å². The molecule has 1 heterocycles. The average molecular weight is 379 g/mol. The highest BCUT2D eigenvalue weighted by Crippen LogP contribution is 2.30. The molecule has 0 atom stereocenters. The third-order valence-corrected chi connectivity index (χ3v) is 4.73. The summed E-state index contributed by atoms with van der Waals surface area (Å²) in [6.45, 7) is 0. The quantitative estimate of drug-likeness (QED) is 0.356. The molecule has 7 heteroatoms. The number of anilines is 2. The molecule has 1 amide bonds. The lowest BCUT2D eigenvalue weighted by molar-refractivity contribution is -0.138. The number of nitrogens with two attached hydrogens (primary N) is 2. The van der Waals surface area contributed by atoms with Gasteiger partial charge < -0.3 is 15.9 Å². The van der Waals surface area contributed by atoms with Crippen LogP contribution in [0.3, 0.4) is 0 Å². The first-order valence-electron chi connectivity index (χ1n) is 8.00. The molecule has 0 fully saturated rings. The molecule has 5 N–H and O–H groups in total. The number of thiophene rings is 1. The SMILES string of the molecule is NOC(=O)/C=C/c1ccc(C(=O)Nc2cc(-c3cccs3)ccc2N)cc1. The fourth-order valence-electron chi connectivity index (χ4n) is 2.40. The van der Waals surface area contributed by atoms with Gasteiger partial charge >= 0.3 is 5.97 Å². The van der Waals surface area contributed by atoms with E-state index in [0.717, 1.165) is 16.0 Å². The second-order valence-corrected chi connectivity index (χ2v) is 6.57. The van der Waals surface area contributed by atoms with Gasteiger partial charge in [0, 0.05) is 16.5 Å². The van der Waals surface area contributed by atoms with Crippen LogP contribution in [-0.4, -0.2) is 11.9 Å². The van der Waals surface area contributed by atoms with E-state index in [4.69, 9.17) is 11.6 Å². The maximum atomic E-state index is 12.5. The third-order valence-electron chi connectivity index (χ3n) is 3.81. The molecule has 0 aliphatic rings. The van der Waals surface area contributed by atoms with Gasteiger partial charge in [0.15, 0.2) is 0 Å². The lowest BCUT2D eigenvalue weighted by Gasteiger charge is -2.10. The summed E-state index contributed by atoms with van der Waals surface area (Å²) in [6.07, 6.45) is 2.74. The van der Waals surface area contributed by atoms with Crippen molar-refractivity contribution in [3.8, 4) is 10.4 Å². The minimum atomic E-state index is -0.655. The number of benzene rings is 2. The van der Waals surface area contributed by atoms with Gasteiger partial charge in [-0.1, -0.05) is 24.3 Å². The molecule has 2 aromatic carbocycles. The van der Waals surface area contributed by atoms with Crippen LogP contribution in [0.15, 0.2) is 66.1 Å². The van der Waals surface area contributed by atoms with Crippen LogP contribution in [0.1, 0.15) is 15.9 Å². The van der Waals surface area contributed by atoms with Gasteiger partial charge in [-0.3, -0.25) is 4.79 Å². The Balaban J connectivity index is 1.74. The predicted molar refractivity (Wildman–Crippen MR) is 108 cm³/mol. The van der Waals surface area contributed by atoms with Gasteiger partial charge in [0.1, 0.15) is 0 Å². The smallest absolute Gasteiger partial charge is 0.349 e. The Kier molecular flexibility index (Phi) is 5.65. The lowest BCUT2D eigenvalue weighted by atomic mass is 10.1. The summed E-state index contributed by atoms with van der Waals surface area (Å²) < 4.78 is 0. The Bertz CT molecular complexity index is 980. The monoisotopic (exact) mass is 379 g/mol. The van der Waals surface area contributed by atoms with E-state index in [1.54, 1.807) is 47.7 Å². The molecule has 0 saturated heterocycles. The first kappa shape index (κ1) is 18.4. The van der Waals surface area contributed by atoms with Crippen molar-refractivity contribution < 1.29 is 14.4 Å². The molecule has 0 saturated carbocycles. The minimum absolute atomic E-state index is 0.276. The molecule has 136 valence electrons. The first-order valence-corrected chi connectivity index (χ1v) is 8.88. The second kappa shape index (κ2) is 8.31. The third kappa shape index (κ3) is 4.60. The average Bonchev–Trinajstić information content (AvgIpc) is 3.23. The normalized spacial score (nSPS) is 10.7. The van der Waals surface area contributed by atoms with Crippen molar-refractivity contribution in [3.63, 3.8) is 0 Å². The summed E-state index contributed by atoms with van der Waals surface area (Å²) in [7, 11) is 0. The van der Waals surface area contributed by atoms with Crippen LogP contribution >= 0.6 is 11.3 Å². The van der Waals surface area contributed by atoms with Gasteiger partial charge in [-0.05, 0) is 52.9 Å². The van der Waals surface area contributed by atoms with Crippen LogP contribution in [-0.2, 0) is 9.63 Å². The summed E-state index contributed by atoms with van der Waals surface area (Å²) in [5.41, 5.74) is 9.23. The summed E-state index contributed by atoms with van der Waals surface area (Å²) >= 11 is 1.61. The number of rotatable bonds is 5. The Hall–Kier alpha value is -3.42. The standard InChI is InChI=1S/C20H17N3O3S/c21-16-9-8-15(18-2-1-11-27-18)12-17(16)23-20(25)14-6-3-13(4-7-14)5-10-19(24)26-22/h1-12H,21-22H2,(H,23,25)/b10-5+. The highest BCUT2D eigenvalue weighted by molar-refractivity contribution is 7.13. The van der Waals surface area contributed by atoms with E-state index in [-0.39, 0.29) is 5.91 Å². The van der Waals surface area contributed by atoms with E-state index >= 15 is 0 Å². The number of carbonyl (C=O) groups excluding carboxylic acids is 2. The summed E-state index contributed by atoms with van der Waals surface area (Å²) in [5, 5.41) is 4.83. The molecular formula is C20H17N3O3S. The van der Waals surface area contributed by atoms with E-state index < -0.39 is 5.97 Å². The molecule has 0 unspecified atom stereocenters. The van der Waals surface area contributed by atoms with E-state index in [2.05, 4.69) is 10.2 Å². The molecule has 6 nitrogen and oxygen atoms in total. The highest BCUT2D eigenvalue weighted by atomic mass is 32.1. The number of amides is 1. The molecule has 0 aliphatic heterocycles. The summed E-state index contributed by atoms with van der Waals surface area (Å²) in [6, 6.07) is 16.3. The predicted octanol–water partition coefficient (Wildman–Crippen LogP) is 3.68. The van der Waals surface area contributed by atoms with Gasteiger partial charge in [0.25, 0.3) is 5.91 Å². The van der Waals surface area contributed by atoms with Crippen LogP contribution in [0.4, 0.5) is 11.4 Å². The second-order valence-electron chi connectivity index (χ2n) is 5.63. The van der Waals surface area contributed by atoms with Gasteiger partial charge in [-0.15, -0.1) is 11.3 Å². The molecule has 0 aliphatic carbocycles. The fraction of sp³-hybridized carbons (Fsp3) is 0. The van der Waals surface area contributed by atoms with Gasteiger partial charge in [0.05, 0.1) is 11.4 Å². The van der Waals surface area contributed by atoms with Crippen molar-refractivity contribution in [1.29, 1.82) is 0 Å². The zero-order chi connectivity index (χ0) is 19.2. The number of carbonyl (C=O) groups is 2. The summed E-state index contributed by atoms with van der Waals surface area (Å²) in [5.74, 6) is 3.83. The van der Waals surface area contributed by atoms with Crippen molar-refractivity contribution in [2.45, 2.75) is 0 Å². The number of nitrogen functional groups attached to an aromatic ring is 1. The van der Waals surface area contributed by atoms with Crippen LogP contribution in [0.5, 0.6) is 0 Å². The molecule has 0 spiro atoms. The molecule has 27 heavy (non-hydrogen) atoms. The van der Waals surface area contributed by atoms with Gasteiger partial charge in [-0.2, -0.15) is 5.90 Å². The van der Waals surface area contributed by atoms with E-state index in [9.17, 15) is 9.59 Å². The van der Waals surface area contributed by atoms with Crippen molar-refractivity contribution >= 4 is 40.7 Å². The number of nitrogens with one attached hydrogen (secondary N) is 1. The van der Waals surface area contributed by atoms with Crippen LogP contribution < -0.4 is 16.9 Å². The lowest BCUT2D eigenvalue weighted by Crippen LogP contribution is -2.13. The van der Waals surface area contributed by atoms with E-state index in [0.29, 0.717) is 16.9 Å². The zero-order valence-corrected chi connectivity index (χ0v) is 15.0. The van der Waals surface area contributed by atoms with E-state index in [1.807, 2.05) is 29.6 Å². The Morgan fingerprint density at radius 2 is 1.85 bits per heavy atom. The molecule has 3 aromatic rings. The maximum absolute atomic E-state index is 12.5. The van der Waals surface area contributed by atoms with Crippen LogP contribution in [0.2, 0.25) is 0 Å². The van der Waals surface area contributed by atoms with Crippen molar-refractivity contribution in [2.75, 3.05) is 11.1 Å². The topological polar surface area (TPSA) is 107 Å². The molecule has 0 bridgehead atoms.